The number of likely N-dealkylation sites (tertiary alicyclic amines) is 1. The fourth-order valence-corrected chi connectivity index (χ4v) is 2.40. The second-order valence-electron chi connectivity index (χ2n) is 5.72. The SMILES string of the molecule is CC(C)CCC(C)N1CCC(C(C)N)C1. The summed E-state index contributed by atoms with van der Waals surface area (Å²) in [6.07, 6.45) is 3.98. The van der Waals surface area contributed by atoms with E-state index in [1.165, 1.54) is 32.4 Å². The first-order valence-electron chi connectivity index (χ1n) is 6.50. The number of nitrogens with zero attached hydrogens (tertiary/aromatic N) is 1. The summed E-state index contributed by atoms with van der Waals surface area (Å²) in [5.74, 6) is 1.56. The molecular weight excluding hydrogens is 184 g/mol. The highest BCUT2D eigenvalue weighted by molar-refractivity contribution is 4.83. The quantitative estimate of drug-likeness (QED) is 0.758. The van der Waals surface area contributed by atoms with Gasteiger partial charge < -0.3 is 10.6 Å². The monoisotopic (exact) mass is 212 g/mol. The fourth-order valence-electron chi connectivity index (χ4n) is 2.40. The molecule has 1 heterocycles. The summed E-state index contributed by atoms with van der Waals surface area (Å²) in [5.41, 5.74) is 5.96. The van der Waals surface area contributed by atoms with Crippen LogP contribution in [0, 0.1) is 11.8 Å². The minimum absolute atomic E-state index is 0.368. The van der Waals surface area contributed by atoms with E-state index in [1.807, 2.05) is 0 Å². The molecule has 15 heavy (non-hydrogen) atoms. The topological polar surface area (TPSA) is 29.3 Å². The molecule has 3 atom stereocenters. The zero-order chi connectivity index (χ0) is 11.4. The number of hydrogen-bond donors (Lipinski definition) is 1. The Balaban J connectivity index is 2.27. The van der Waals surface area contributed by atoms with E-state index in [0.29, 0.717) is 6.04 Å². The molecule has 1 saturated heterocycles. The van der Waals surface area contributed by atoms with E-state index in [1.54, 1.807) is 0 Å². The van der Waals surface area contributed by atoms with Crippen LogP contribution in [0.25, 0.3) is 0 Å². The van der Waals surface area contributed by atoms with Gasteiger partial charge in [0.1, 0.15) is 0 Å². The first kappa shape index (κ1) is 13.0. The van der Waals surface area contributed by atoms with E-state index < -0.39 is 0 Å². The Bertz CT molecular complexity index is 177. The Morgan fingerprint density at radius 1 is 1.20 bits per heavy atom. The molecule has 0 aliphatic carbocycles. The standard InChI is InChI=1S/C13H28N2/c1-10(2)5-6-11(3)15-8-7-13(9-15)12(4)14/h10-13H,5-9,14H2,1-4H3. The van der Waals surface area contributed by atoms with E-state index >= 15 is 0 Å². The van der Waals surface area contributed by atoms with Crippen molar-refractivity contribution in [2.24, 2.45) is 17.6 Å². The lowest BCUT2D eigenvalue weighted by atomic mass is 10.0. The van der Waals surface area contributed by atoms with Crippen LogP contribution in [0.3, 0.4) is 0 Å². The zero-order valence-corrected chi connectivity index (χ0v) is 10.9. The highest BCUT2D eigenvalue weighted by atomic mass is 15.2. The van der Waals surface area contributed by atoms with Gasteiger partial charge in [-0.05, 0) is 51.5 Å². The predicted molar refractivity (Wildman–Crippen MR) is 66.9 cm³/mol. The highest BCUT2D eigenvalue weighted by Gasteiger charge is 2.27. The molecule has 0 amide bonds. The van der Waals surface area contributed by atoms with E-state index in [9.17, 15) is 0 Å². The molecular formula is C13H28N2. The van der Waals surface area contributed by atoms with Gasteiger partial charge in [0.2, 0.25) is 0 Å². The van der Waals surface area contributed by atoms with Crippen LogP contribution < -0.4 is 5.73 Å². The molecule has 1 rings (SSSR count). The first-order chi connectivity index (χ1) is 7.00. The minimum Gasteiger partial charge on any atom is -0.328 e. The van der Waals surface area contributed by atoms with Gasteiger partial charge in [-0.1, -0.05) is 13.8 Å². The summed E-state index contributed by atoms with van der Waals surface area (Å²) in [6.45, 7) is 11.6. The second-order valence-corrected chi connectivity index (χ2v) is 5.72. The van der Waals surface area contributed by atoms with Crippen molar-refractivity contribution >= 4 is 0 Å². The van der Waals surface area contributed by atoms with Crippen molar-refractivity contribution in [1.82, 2.24) is 4.90 Å². The average Bonchev–Trinajstić information content (AvgIpc) is 2.62. The van der Waals surface area contributed by atoms with E-state index in [0.717, 1.165) is 17.9 Å². The van der Waals surface area contributed by atoms with Gasteiger partial charge in [-0.25, -0.2) is 0 Å². The fraction of sp³-hybridized carbons (Fsp3) is 1.00. The normalized spacial score (nSPS) is 27.2. The number of hydrogen-bond acceptors (Lipinski definition) is 2. The lowest BCUT2D eigenvalue weighted by Crippen LogP contribution is -2.34. The van der Waals surface area contributed by atoms with Crippen LogP contribution in [-0.4, -0.2) is 30.1 Å². The van der Waals surface area contributed by atoms with Gasteiger partial charge in [0.25, 0.3) is 0 Å². The van der Waals surface area contributed by atoms with Crippen LogP contribution in [0.2, 0.25) is 0 Å². The smallest absolute Gasteiger partial charge is 0.00671 e. The summed E-state index contributed by atoms with van der Waals surface area (Å²) in [7, 11) is 0. The van der Waals surface area contributed by atoms with Crippen LogP contribution in [-0.2, 0) is 0 Å². The summed E-state index contributed by atoms with van der Waals surface area (Å²) in [5, 5.41) is 0. The van der Waals surface area contributed by atoms with Gasteiger partial charge in [-0.15, -0.1) is 0 Å². The molecule has 2 heteroatoms. The maximum Gasteiger partial charge on any atom is 0.00671 e. The molecule has 0 spiro atoms. The number of rotatable bonds is 5. The molecule has 3 unspecified atom stereocenters. The molecule has 1 fully saturated rings. The molecule has 0 aromatic heterocycles. The predicted octanol–water partition coefficient (Wildman–Crippen LogP) is 2.48. The molecule has 90 valence electrons. The van der Waals surface area contributed by atoms with Crippen molar-refractivity contribution in [3.05, 3.63) is 0 Å². The Morgan fingerprint density at radius 2 is 1.87 bits per heavy atom. The van der Waals surface area contributed by atoms with Crippen LogP contribution in [0.5, 0.6) is 0 Å². The molecule has 0 radical (unpaired) electrons. The Morgan fingerprint density at radius 3 is 2.33 bits per heavy atom. The lowest BCUT2D eigenvalue weighted by Gasteiger charge is -2.25. The van der Waals surface area contributed by atoms with Crippen molar-refractivity contribution < 1.29 is 0 Å². The third-order valence-electron chi connectivity index (χ3n) is 3.78. The van der Waals surface area contributed by atoms with Gasteiger partial charge >= 0.3 is 0 Å². The van der Waals surface area contributed by atoms with Gasteiger partial charge in [0.15, 0.2) is 0 Å². The molecule has 0 aromatic rings. The van der Waals surface area contributed by atoms with Crippen molar-refractivity contribution in [3.63, 3.8) is 0 Å². The largest absolute Gasteiger partial charge is 0.328 e. The Labute approximate surface area is 95.2 Å². The molecule has 2 N–H and O–H groups in total. The lowest BCUT2D eigenvalue weighted by molar-refractivity contribution is 0.225. The van der Waals surface area contributed by atoms with Gasteiger partial charge in [0, 0.05) is 18.6 Å². The van der Waals surface area contributed by atoms with Crippen LogP contribution >= 0.6 is 0 Å². The summed E-state index contributed by atoms with van der Waals surface area (Å²) < 4.78 is 0. The maximum absolute atomic E-state index is 5.96. The van der Waals surface area contributed by atoms with Crippen LogP contribution in [0.4, 0.5) is 0 Å². The molecule has 2 nitrogen and oxygen atoms in total. The Hall–Kier alpha value is -0.0800. The molecule has 1 aliphatic rings. The van der Waals surface area contributed by atoms with Crippen molar-refractivity contribution in [2.45, 2.75) is 59.0 Å². The van der Waals surface area contributed by atoms with E-state index in [-0.39, 0.29) is 0 Å². The van der Waals surface area contributed by atoms with Crippen LogP contribution in [0.1, 0.15) is 47.0 Å². The highest BCUT2D eigenvalue weighted by Crippen LogP contribution is 2.23. The third kappa shape index (κ3) is 4.12. The van der Waals surface area contributed by atoms with E-state index in [2.05, 4.69) is 32.6 Å². The molecule has 0 bridgehead atoms. The number of nitrogens with two attached hydrogens (primary N) is 1. The van der Waals surface area contributed by atoms with Crippen molar-refractivity contribution in [2.75, 3.05) is 13.1 Å². The van der Waals surface area contributed by atoms with Gasteiger partial charge in [-0.2, -0.15) is 0 Å². The Kier molecular flexibility index (Phi) is 5.07. The molecule has 0 aromatic carbocycles. The second kappa shape index (κ2) is 5.86. The summed E-state index contributed by atoms with van der Waals surface area (Å²) in [6, 6.07) is 1.11. The first-order valence-corrected chi connectivity index (χ1v) is 6.50. The zero-order valence-electron chi connectivity index (χ0n) is 10.9. The maximum atomic E-state index is 5.96. The molecule has 1 aliphatic heterocycles. The van der Waals surface area contributed by atoms with Crippen molar-refractivity contribution in [1.29, 1.82) is 0 Å². The molecule has 0 saturated carbocycles. The van der Waals surface area contributed by atoms with Crippen molar-refractivity contribution in [3.8, 4) is 0 Å². The summed E-state index contributed by atoms with van der Waals surface area (Å²) >= 11 is 0. The average molecular weight is 212 g/mol. The minimum atomic E-state index is 0.368. The van der Waals surface area contributed by atoms with Gasteiger partial charge in [0.05, 0.1) is 0 Å². The third-order valence-corrected chi connectivity index (χ3v) is 3.78. The van der Waals surface area contributed by atoms with Gasteiger partial charge in [-0.3, -0.25) is 0 Å². The van der Waals surface area contributed by atoms with E-state index in [4.69, 9.17) is 5.73 Å². The van der Waals surface area contributed by atoms with Crippen LogP contribution in [0.15, 0.2) is 0 Å². The summed E-state index contributed by atoms with van der Waals surface area (Å²) in [4.78, 5) is 2.62.